The zero-order valence-corrected chi connectivity index (χ0v) is 12.1. The first-order chi connectivity index (χ1) is 9.13. The van der Waals surface area contributed by atoms with Crippen molar-refractivity contribution in [3.8, 4) is 17.4 Å². The molecule has 0 aliphatic heterocycles. The normalized spacial score (nSPS) is 10.1. The van der Waals surface area contributed by atoms with E-state index in [1.807, 2.05) is 25.1 Å². The Morgan fingerprint density at radius 1 is 1.32 bits per heavy atom. The highest BCUT2D eigenvalue weighted by Crippen LogP contribution is 2.34. The van der Waals surface area contributed by atoms with Gasteiger partial charge in [0.05, 0.1) is 17.8 Å². The predicted octanol–water partition coefficient (Wildman–Crippen LogP) is 2.63. The Kier molecular flexibility index (Phi) is 4.18. The van der Waals surface area contributed by atoms with Crippen LogP contribution in [0.3, 0.4) is 0 Å². The number of hydrogen-bond acceptors (Lipinski definition) is 6. The number of nitrogens with two attached hydrogens (primary N) is 1. The molecular weight excluding hydrogens is 312 g/mol. The number of nitrogens with one attached hydrogen (secondary N) is 1. The second kappa shape index (κ2) is 5.85. The summed E-state index contributed by atoms with van der Waals surface area (Å²) in [5.41, 5.74) is 3.44. The molecule has 0 atom stereocenters. The van der Waals surface area contributed by atoms with Crippen LogP contribution in [0.1, 0.15) is 5.56 Å². The third-order valence-corrected chi connectivity index (χ3v) is 2.91. The smallest absolute Gasteiger partial charge is 0.240 e. The lowest BCUT2D eigenvalue weighted by Gasteiger charge is -2.11. The Morgan fingerprint density at radius 2 is 2.11 bits per heavy atom. The number of benzene rings is 1. The molecule has 0 saturated carbocycles. The summed E-state index contributed by atoms with van der Waals surface area (Å²) in [7, 11) is 1.59. The van der Waals surface area contributed by atoms with E-state index in [1.165, 1.54) is 0 Å². The van der Waals surface area contributed by atoms with E-state index in [9.17, 15) is 0 Å². The first kappa shape index (κ1) is 13.6. The van der Waals surface area contributed by atoms with Crippen molar-refractivity contribution in [2.24, 2.45) is 5.84 Å². The SMILES string of the molecule is COc1cc(C)ccc1Oc1nc(NN)ncc1Br. The number of ether oxygens (including phenoxy) is 2. The van der Waals surface area contributed by atoms with Gasteiger partial charge in [0.2, 0.25) is 11.8 Å². The fourth-order valence-corrected chi connectivity index (χ4v) is 1.73. The second-order valence-electron chi connectivity index (χ2n) is 3.75. The van der Waals surface area contributed by atoms with Gasteiger partial charge in [-0.25, -0.2) is 10.8 Å². The minimum Gasteiger partial charge on any atom is -0.493 e. The maximum absolute atomic E-state index is 5.71. The van der Waals surface area contributed by atoms with E-state index in [0.717, 1.165) is 5.56 Å². The van der Waals surface area contributed by atoms with Crippen LogP contribution in [0, 0.1) is 6.92 Å². The first-order valence-electron chi connectivity index (χ1n) is 5.45. The lowest BCUT2D eigenvalue weighted by atomic mass is 10.2. The number of nitrogens with zero attached hydrogens (tertiary/aromatic N) is 2. The van der Waals surface area contributed by atoms with Crippen molar-refractivity contribution in [2.45, 2.75) is 6.92 Å². The Labute approximate surface area is 119 Å². The van der Waals surface area contributed by atoms with E-state index in [2.05, 4.69) is 31.3 Å². The number of aromatic nitrogens is 2. The minimum atomic E-state index is 0.268. The molecule has 0 aliphatic carbocycles. The number of halogens is 1. The number of methoxy groups -OCH3 is 1. The molecule has 0 fully saturated rings. The van der Waals surface area contributed by atoms with Gasteiger partial charge < -0.3 is 9.47 Å². The van der Waals surface area contributed by atoms with Crippen LogP contribution in [-0.4, -0.2) is 17.1 Å². The summed E-state index contributed by atoms with van der Waals surface area (Å²) < 4.78 is 11.6. The molecule has 1 aromatic carbocycles. The highest BCUT2D eigenvalue weighted by atomic mass is 79.9. The molecule has 0 saturated heterocycles. The van der Waals surface area contributed by atoms with Crippen LogP contribution in [0.2, 0.25) is 0 Å². The topological polar surface area (TPSA) is 82.3 Å². The van der Waals surface area contributed by atoms with Gasteiger partial charge in [-0.1, -0.05) is 6.07 Å². The van der Waals surface area contributed by atoms with Crippen molar-refractivity contribution in [2.75, 3.05) is 12.5 Å². The van der Waals surface area contributed by atoms with Crippen LogP contribution in [0.4, 0.5) is 5.95 Å². The largest absolute Gasteiger partial charge is 0.493 e. The van der Waals surface area contributed by atoms with Crippen LogP contribution >= 0.6 is 15.9 Å². The molecule has 1 aromatic heterocycles. The summed E-state index contributed by atoms with van der Waals surface area (Å²) in [5, 5.41) is 0. The standard InChI is InChI=1S/C12H13BrN4O2/c1-7-3-4-9(10(5-7)18-2)19-11-8(13)6-15-12(16-11)17-14/h3-6H,14H2,1-2H3,(H,15,16,17). The highest BCUT2D eigenvalue weighted by Gasteiger charge is 2.11. The van der Waals surface area contributed by atoms with E-state index < -0.39 is 0 Å². The fraction of sp³-hybridized carbons (Fsp3) is 0.167. The van der Waals surface area contributed by atoms with Gasteiger partial charge in [0.1, 0.15) is 0 Å². The van der Waals surface area contributed by atoms with Crippen molar-refractivity contribution >= 4 is 21.9 Å². The summed E-state index contributed by atoms with van der Waals surface area (Å²) in [6, 6.07) is 5.62. The zero-order valence-electron chi connectivity index (χ0n) is 10.5. The van der Waals surface area contributed by atoms with E-state index in [4.69, 9.17) is 15.3 Å². The van der Waals surface area contributed by atoms with Gasteiger partial charge in [0.15, 0.2) is 11.5 Å². The Balaban J connectivity index is 2.35. The first-order valence-corrected chi connectivity index (χ1v) is 6.25. The molecule has 1 heterocycles. The van der Waals surface area contributed by atoms with Crippen LogP contribution in [-0.2, 0) is 0 Å². The van der Waals surface area contributed by atoms with Gasteiger partial charge in [0.25, 0.3) is 0 Å². The average molecular weight is 325 g/mol. The number of hydrogen-bond donors (Lipinski definition) is 2. The number of rotatable bonds is 4. The van der Waals surface area contributed by atoms with E-state index in [1.54, 1.807) is 13.3 Å². The van der Waals surface area contributed by atoms with Crippen molar-refractivity contribution < 1.29 is 9.47 Å². The van der Waals surface area contributed by atoms with E-state index in [0.29, 0.717) is 21.9 Å². The molecule has 0 radical (unpaired) electrons. The summed E-state index contributed by atoms with van der Waals surface area (Å²) >= 11 is 3.32. The quantitative estimate of drug-likeness (QED) is 0.664. The second-order valence-corrected chi connectivity index (χ2v) is 4.60. The van der Waals surface area contributed by atoms with Gasteiger partial charge in [-0.3, -0.25) is 5.43 Å². The molecule has 0 spiro atoms. The van der Waals surface area contributed by atoms with Gasteiger partial charge in [-0.2, -0.15) is 4.98 Å². The molecule has 6 nitrogen and oxygen atoms in total. The zero-order chi connectivity index (χ0) is 13.8. The highest BCUT2D eigenvalue weighted by molar-refractivity contribution is 9.10. The number of anilines is 1. The molecule has 0 aliphatic rings. The van der Waals surface area contributed by atoms with Gasteiger partial charge >= 0.3 is 0 Å². The molecule has 2 rings (SSSR count). The van der Waals surface area contributed by atoms with Crippen LogP contribution in [0.15, 0.2) is 28.9 Å². The number of hydrazine groups is 1. The van der Waals surface area contributed by atoms with Crippen molar-refractivity contribution in [1.29, 1.82) is 0 Å². The summed E-state index contributed by atoms with van der Waals surface area (Å²) in [6.45, 7) is 1.98. The number of nitrogen functional groups attached to an aromatic ring is 1. The third-order valence-electron chi connectivity index (χ3n) is 2.37. The van der Waals surface area contributed by atoms with Gasteiger partial charge in [-0.15, -0.1) is 0 Å². The molecular formula is C12H13BrN4O2. The van der Waals surface area contributed by atoms with Crippen molar-refractivity contribution in [3.05, 3.63) is 34.4 Å². The lowest BCUT2D eigenvalue weighted by Crippen LogP contribution is -2.10. The van der Waals surface area contributed by atoms with E-state index in [-0.39, 0.29) is 5.95 Å². The maximum atomic E-state index is 5.71. The Hall–Kier alpha value is -1.86. The average Bonchev–Trinajstić information content (AvgIpc) is 2.43. The number of aryl methyl sites for hydroxylation is 1. The van der Waals surface area contributed by atoms with Crippen LogP contribution in [0.5, 0.6) is 17.4 Å². The summed E-state index contributed by atoms with van der Waals surface area (Å²) in [6.07, 6.45) is 1.55. The van der Waals surface area contributed by atoms with Crippen LogP contribution in [0.25, 0.3) is 0 Å². The predicted molar refractivity (Wildman–Crippen MR) is 75.3 cm³/mol. The molecule has 2 aromatic rings. The lowest BCUT2D eigenvalue weighted by molar-refractivity contribution is 0.373. The summed E-state index contributed by atoms with van der Waals surface area (Å²) in [4.78, 5) is 8.06. The van der Waals surface area contributed by atoms with Crippen molar-refractivity contribution in [3.63, 3.8) is 0 Å². The molecule has 100 valence electrons. The maximum Gasteiger partial charge on any atom is 0.240 e. The molecule has 0 bridgehead atoms. The molecule has 0 unspecified atom stereocenters. The third kappa shape index (κ3) is 3.12. The van der Waals surface area contributed by atoms with Crippen LogP contribution < -0.4 is 20.7 Å². The monoisotopic (exact) mass is 324 g/mol. The Bertz CT molecular complexity index is 592. The van der Waals surface area contributed by atoms with Gasteiger partial charge in [0, 0.05) is 0 Å². The van der Waals surface area contributed by atoms with E-state index >= 15 is 0 Å². The molecule has 7 heteroatoms. The minimum absolute atomic E-state index is 0.268. The Morgan fingerprint density at radius 3 is 2.79 bits per heavy atom. The molecule has 0 amide bonds. The molecule has 19 heavy (non-hydrogen) atoms. The summed E-state index contributed by atoms with van der Waals surface area (Å²) in [5.74, 6) is 7.08. The van der Waals surface area contributed by atoms with Crippen molar-refractivity contribution in [1.82, 2.24) is 9.97 Å². The molecule has 3 N–H and O–H groups in total. The van der Waals surface area contributed by atoms with Gasteiger partial charge in [-0.05, 0) is 40.5 Å². The fourth-order valence-electron chi connectivity index (χ4n) is 1.46.